The molecule has 0 aliphatic carbocycles. The van der Waals surface area contributed by atoms with Crippen LogP contribution in [0.2, 0.25) is 0 Å². The van der Waals surface area contributed by atoms with E-state index in [0.29, 0.717) is 13.2 Å². The summed E-state index contributed by atoms with van der Waals surface area (Å²) in [6.45, 7) is 2.27. The van der Waals surface area contributed by atoms with Gasteiger partial charge in [0, 0.05) is 17.7 Å². The maximum atomic E-state index is 11.5. The topological polar surface area (TPSA) is 67.0 Å². The van der Waals surface area contributed by atoms with E-state index in [1.54, 1.807) is 0 Å². The molecule has 0 aromatic carbocycles. The summed E-state index contributed by atoms with van der Waals surface area (Å²) in [5.41, 5.74) is 2.76. The summed E-state index contributed by atoms with van der Waals surface area (Å²) < 4.78 is 5.45. The van der Waals surface area contributed by atoms with E-state index in [1.807, 2.05) is 0 Å². The molecule has 5 nitrogen and oxygen atoms in total. The van der Waals surface area contributed by atoms with Crippen LogP contribution in [-0.2, 0) is 17.8 Å². The van der Waals surface area contributed by atoms with E-state index in [-0.39, 0.29) is 11.7 Å². The van der Waals surface area contributed by atoms with Gasteiger partial charge < -0.3 is 15.0 Å². The first-order chi connectivity index (χ1) is 7.84. The zero-order chi connectivity index (χ0) is 11.0. The van der Waals surface area contributed by atoms with Crippen molar-refractivity contribution in [2.24, 2.45) is 0 Å². The zero-order valence-electron chi connectivity index (χ0n) is 9.08. The first-order valence-electron chi connectivity index (χ1n) is 5.77. The fourth-order valence-electron chi connectivity index (χ4n) is 2.49. The minimum atomic E-state index is -0.232. The second-order valence-corrected chi connectivity index (χ2v) is 4.34. The van der Waals surface area contributed by atoms with Crippen LogP contribution >= 0.6 is 0 Å². The molecule has 1 saturated heterocycles. The van der Waals surface area contributed by atoms with Crippen molar-refractivity contribution < 1.29 is 4.74 Å². The van der Waals surface area contributed by atoms with Crippen molar-refractivity contribution in [3.8, 4) is 0 Å². The largest absolute Gasteiger partial charge is 0.376 e. The molecule has 0 saturated carbocycles. The number of aromatic nitrogens is 2. The molecule has 2 N–H and O–H groups in total. The highest BCUT2D eigenvalue weighted by Gasteiger charge is 2.24. The maximum Gasteiger partial charge on any atom is 0.345 e. The predicted octanol–water partition coefficient (Wildman–Crippen LogP) is 0.267. The van der Waals surface area contributed by atoms with Gasteiger partial charge in [0.25, 0.3) is 0 Å². The third-order valence-corrected chi connectivity index (χ3v) is 3.29. The molecule has 2 aliphatic rings. The van der Waals surface area contributed by atoms with Crippen LogP contribution in [0, 0.1) is 0 Å². The zero-order valence-corrected chi connectivity index (χ0v) is 9.08. The minimum Gasteiger partial charge on any atom is -0.376 e. The number of aromatic amines is 1. The fraction of sp³-hybridized carbons (Fsp3) is 0.636. The molecule has 86 valence electrons. The maximum absolute atomic E-state index is 11.5. The molecule has 1 aromatic heterocycles. The molecule has 16 heavy (non-hydrogen) atoms. The minimum absolute atomic E-state index is 0.232. The molecule has 3 heterocycles. The highest BCUT2D eigenvalue weighted by atomic mass is 16.5. The van der Waals surface area contributed by atoms with Gasteiger partial charge in [-0.1, -0.05) is 0 Å². The molecule has 0 spiro atoms. The Morgan fingerprint density at radius 3 is 3.19 bits per heavy atom. The van der Waals surface area contributed by atoms with Crippen LogP contribution in [-0.4, -0.2) is 23.1 Å². The molecule has 0 radical (unpaired) electrons. The summed E-state index contributed by atoms with van der Waals surface area (Å²) >= 11 is 0. The first-order valence-corrected chi connectivity index (χ1v) is 5.77. The third kappa shape index (κ3) is 1.66. The van der Waals surface area contributed by atoms with E-state index in [1.165, 1.54) is 0 Å². The van der Waals surface area contributed by atoms with Crippen LogP contribution in [0.5, 0.6) is 0 Å². The summed E-state index contributed by atoms with van der Waals surface area (Å²) in [7, 11) is 0. The Labute approximate surface area is 93.2 Å². The molecule has 1 atom stereocenters. The number of nitrogens with one attached hydrogen (secondary N) is 2. The normalized spacial score (nSPS) is 24.4. The van der Waals surface area contributed by atoms with Crippen molar-refractivity contribution in [2.75, 3.05) is 13.2 Å². The second kappa shape index (κ2) is 3.99. The van der Waals surface area contributed by atoms with Crippen LogP contribution in [0.3, 0.4) is 0 Å². The van der Waals surface area contributed by atoms with E-state index in [0.717, 1.165) is 42.8 Å². The molecule has 0 unspecified atom stereocenters. The van der Waals surface area contributed by atoms with Crippen LogP contribution < -0.4 is 11.0 Å². The van der Waals surface area contributed by atoms with Gasteiger partial charge in [0.2, 0.25) is 0 Å². The van der Waals surface area contributed by atoms with Gasteiger partial charge in [0.15, 0.2) is 0 Å². The average molecular weight is 221 g/mol. The number of ether oxygens (including phenoxy) is 1. The van der Waals surface area contributed by atoms with Crippen molar-refractivity contribution in [3.63, 3.8) is 0 Å². The Kier molecular flexibility index (Phi) is 2.49. The molecular formula is C11H15N3O2. The van der Waals surface area contributed by atoms with Gasteiger partial charge in [0.1, 0.15) is 0 Å². The lowest BCUT2D eigenvalue weighted by atomic mass is 10.0. The van der Waals surface area contributed by atoms with Gasteiger partial charge in [-0.25, -0.2) is 4.79 Å². The van der Waals surface area contributed by atoms with E-state index in [4.69, 9.17) is 4.74 Å². The average Bonchev–Trinajstić information content (AvgIpc) is 2.81. The van der Waals surface area contributed by atoms with Gasteiger partial charge in [-0.3, -0.25) is 0 Å². The lowest BCUT2D eigenvalue weighted by Crippen LogP contribution is -2.27. The van der Waals surface area contributed by atoms with E-state index < -0.39 is 0 Å². The standard InChI is InChI=1S/C11H15N3O2/c15-11-13-8-3-5-16-6-7(8)10(14-11)9-2-1-4-12-9/h9,12H,1-6H2,(H,13,14,15)/t9-/m0/s1. The molecule has 0 bridgehead atoms. The third-order valence-electron chi connectivity index (χ3n) is 3.29. The smallest absolute Gasteiger partial charge is 0.345 e. The van der Waals surface area contributed by atoms with Crippen molar-refractivity contribution in [2.45, 2.75) is 31.9 Å². The Hall–Kier alpha value is -1.20. The number of fused-ring (bicyclic) bond motifs is 1. The summed E-state index contributed by atoms with van der Waals surface area (Å²) in [4.78, 5) is 18.4. The molecule has 1 fully saturated rings. The number of H-pyrrole nitrogens is 1. The number of hydrogen-bond acceptors (Lipinski definition) is 4. The predicted molar refractivity (Wildman–Crippen MR) is 58.2 cm³/mol. The highest BCUT2D eigenvalue weighted by molar-refractivity contribution is 5.28. The van der Waals surface area contributed by atoms with Gasteiger partial charge in [-0.15, -0.1) is 0 Å². The van der Waals surface area contributed by atoms with Crippen molar-refractivity contribution in [3.05, 3.63) is 27.4 Å². The summed E-state index contributed by atoms with van der Waals surface area (Å²) in [5, 5.41) is 3.38. The number of nitrogens with zero attached hydrogens (tertiary/aromatic N) is 1. The van der Waals surface area contributed by atoms with Crippen LogP contribution in [0.25, 0.3) is 0 Å². The van der Waals surface area contributed by atoms with Crippen LogP contribution in [0.4, 0.5) is 0 Å². The molecule has 5 heteroatoms. The van der Waals surface area contributed by atoms with Crippen molar-refractivity contribution in [1.29, 1.82) is 0 Å². The Bertz CT molecular complexity index is 449. The lowest BCUT2D eigenvalue weighted by molar-refractivity contribution is 0.107. The first kappa shape index (κ1) is 9.99. The molecule has 3 rings (SSSR count). The van der Waals surface area contributed by atoms with Gasteiger partial charge in [-0.2, -0.15) is 4.98 Å². The lowest BCUT2D eigenvalue weighted by Gasteiger charge is -2.21. The molecule has 1 aromatic rings. The quantitative estimate of drug-likeness (QED) is 0.714. The second-order valence-electron chi connectivity index (χ2n) is 4.34. The number of rotatable bonds is 1. The van der Waals surface area contributed by atoms with Crippen LogP contribution in [0.1, 0.15) is 35.8 Å². The van der Waals surface area contributed by atoms with Gasteiger partial charge in [0.05, 0.1) is 24.9 Å². The SMILES string of the molecule is O=c1nc([C@@H]2CCCN2)c2c([nH]1)CCOC2. The number of hydrogen-bond donors (Lipinski definition) is 2. The molecule has 2 aliphatic heterocycles. The summed E-state index contributed by atoms with van der Waals surface area (Å²) in [6, 6.07) is 0.234. The molecular weight excluding hydrogens is 206 g/mol. The monoisotopic (exact) mass is 221 g/mol. The summed E-state index contributed by atoms with van der Waals surface area (Å²) in [5.74, 6) is 0. The van der Waals surface area contributed by atoms with E-state index in [2.05, 4.69) is 15.3 Å². The molecule has 0 amide bonds. The van der Waals surface area contributed by atoms with Gasteiger partial charge >= 0.3 is 5.69 Å². The van der Waals surface area contributed by atoms with E-state index in [9.17, 15) is 4.79 Å². The fourth-order valence-corrected chi connectivity index (χ4v) is 2.49. The van der Waals surface area contributed by atoms with Gasteiger partial charge in [-0.05, 0) is 19.4 Å². The Morgan fingerprint density at radius 2 is 2.38 bits per heavy atom. The van der Waals surface area contributed by atoms with Crippen molar-refractivity contribution in [1.82, 2.24) is 15.3 Å². The van der Waals surface area contributed by atoms with Crippen molar-refractivity contribution >= 4 is 0 Å². The van der Waals surface area contributed by atoms with Crippen LogP contribution in [0.15, 0.2) is 4.79 Å². The summed E-state index contributed by atoms with van der Waals surface area (Å²) in [6.07, 6.45) is 2.99. The Balaban J connectivity index is 2.08. The van der Waals surface area contributed by atoms with E-state index >= 15 is 0 Å². The highest BCUT2D eigenvalue weighted by Crippen LogP contribution is 2.26. The Morgan fingerprint density at radius 1 is 1.44 bits per heavy atom.